The third-order valence-electron chi connectivity index (χ3n) is 5.53. The smallest absolute Gasteiger partial charge is 0.251 e. The van der Waals surface area contributed by atoms with Gasteiger partial charge in [-0.05, 0) is 47.9 Å². The van der Waals surface area contributed by atoms with E-state index in [9.17, 15) is 9.59 Å². The zero-order valence-corrected chi connectivity index (χ0v) is 15.1. The summed E-state index contributed by atoms with van der Waals surface area (Å²) in [5.74, 6) is 0.741. The molecule has 5 nitrogen and oxygen atoms in total. The van der Waals surface area contributed by atoms with Crippen LogP contribution in [0.4, 0.5) is 0 Å². The monoisotopic (exact) mass is 349 g/mol. The lowest BCUT2D eigenvalue weighted by molar-refractivity contribution is 0.0947. The summed E-state index contributed by atoms with van der Waals surface area (Å²) >= 11 is 0. The van der Waals surface area contributed by atoms with Crippen LogP contribution in [0.25, 0.3) is 11.1 Å². The van der Waals surface area contributed by atoms with E-state index >= 15 is 0 Å². The molecule has 1 fully saturated rings. The minimum atomic E-state index is -0.115. The quantitative estimate of drug-likeness (QED) is 0.873. The minimum Gasteiger partial charge on any atom is -0.355 e. The Morgan fingerprint density at radius 2 is 1.96 bits per heavy atom. The zero-order valence-electron chi connectivity index (χ0n) is 15.1. The molecule has 2 aliphatic heterocycles. The van der Waals surface area contributed by atoms with Crippen LogP contribution in [0.15, 0.2) is 42.5 Å². The third kappa shape index (κ3) is 2.88. The fraction of sp³-hybridized carbons (Fsp3) is 0.333. The van der Waals surface area contributed by atoms with Crippen LogP contribution in [-0.2, 0) is 0 Å². The van der Waals surface area contributed by atoms with Crippen LogP contribution in [0.3, 0.4) is 0 Å². The van der Waals surface area contributed by atoms with Crippen molar-refractivity contribution in [2.24, 2.45) is 5.92 Å². The molecule has 4 rings (SSSR count). The Morgan fingerprint density at radius 1 is 1.15 bits per heavy atom. The maximum atomic E-state index is 12.6. The fourth-order valence-electron chi connectivity index (χ4n) is 4.21. The Balaban J connectivity index is 1.75. The molecule has 2 amide bonds. The topological polar surface area (TPSA) is 61.4 Å². The normalized spacial score (nSPS) is 22.2. The number of benzene rings is 2. The van der Waals surface area contributed by atoms with Crippen LogP contribution in [0.5, 0.6) is 0 Å². The van der Waals surface area contributed by atoms with Crippen LogP contribution in [0, 0.1) is 5.92 Å². The van der Waals surface area contributed by atoms with Crippen molar-refractivity contribution in [3.05, 3.63) is 59.2 Å². The Hall–Kier alpha value is -2.66. The molecule has 2 aromatic rings. The van der Waals surface area contributed by atoms with Crippen molar-refractivity contribution in [2.45, 2.75) is 5.92 Å². The molecule has 134 valence electrons. The predicted octanol–water partition coefficient (Wildman–Crippen LogP) is 2.10. The van der Waals surface area contributed by atoms with Crippen LogP contribution in [0.2, 0.25) is 0 Å². The second-order valence-electron chi connectivity index (χ2n) is 7.26. The second-order valence-corrected chi connectivity index (χ2v) is 7.26. The van der Waals surface area contributed by atoms with Gasteiger partial charge in [0.2, 0.25) is 0 Å². The van der Waals surface area contributed by atoms with E-state index < -0.39 is 0 Å². The summed E-state index contributed by atoms with van der Waals surface area (Å²) in [5, 5.41) is 5.73. The van der Waals surface area contributed by atoms with E-state index in [0.29, 0.717) is 17.4 Å². The Morgan fingerprint density at radius 3 is 2.77 bits per heavy atom. The number of hydrogen-bond donors (Lipinski definition) is 2. The lowest BCUT2D eigenvalue weighted by Gasteiger charge is -2.17. The Bertz CT molecular complexity index is 877. The lowest BCUT2D eigenvalue weighted by atomic mass is 9.86. The van der Waals surface area contributed by atoms with Crippen molar-refractivity contribution < 1.29 is 9.59 Å². The standard InChI is InChI=1S/C21H23N3O2/c1-22-20(25)15-5-3-4-13(8-15)14-6-7-17-18(9-14)21(26)23-10-16-11-24(2)12-19(16)17/h3-9,16,19H,10-12H2,1-2H3,(H,22,25)(H,23,26)/t16-,19-/m0/s1. The molecule has 2 aliphatic rings. The summed E-state index contributed by atoms with van der Waals surface area (Å²) in [5.41, 5.74) is 4.40. The number of nitrogens with one attached hydrogen (secondary N) is 2. The van der Waals surface area contributed by atoms with Gasteiger partial charge in [0, 0.05) is 43.7 Å². The van der Waals surface area contributed by atoms with Crippen molar-refractivity contribution in [3.63, 3.8) is 0 Å². The van der Waals surface area contributed by atoms with Gasteiger partial charge in [-0.15, -0.1) is 0 Å². The molecular weight excluding hydrogens is 326 g/mol. The van der Waals surface area contributed by atoms with E-state index in [1.54, 1.807) is 13.1 Å². The van der Waals surface area contributed by atoms with Gasteiger partial charge in [-0.2, -0.15) is 0 Å². The molecular formula is C21H23N3O2. The molecule has 0 bridgehead atoms. The number of amides is 2. The molecule has 0 unspecified atom stereocenters. The Labute approximate surface area is 153 Å². The number of hydrogen-bond acceptors (Lipinski definition) is 3. The van der Waals surface area contributed by atoms with Gasteiger partial charge in [-0.1, -0.05) is 24.3 Å². The first-order chi connectivity index (χ1) is 12.6. The molecule has 2 atom stereocenters. The van der Waals surface area contributed by atoms with Gasteiger partial charge in [0.25, 0.3) is 11.8 Å². The maximum Gasteiger partial charge on any atom is 0.251 e. The number of nitrogens with zero attached hydrogens (tertiary/aromatic N) is 1. The molecule has 1 saturated heterocycles. The van der Waals surface area contributed by atoms with Gasteiger partial charge >= 0.3 is 0 Å². The number of rotatable bonds is 2. The number of likely N-dealkylation sites (tertiary alicyclic amines) is 1. The number of fused-ring (bicyclic) bond motifs is 3. The van der Waals surface area contributed by atoms with Crippen molar-refractivity contribution in [3.8, 4) is 11.1 Å². The van der Waals surface area contributed by atoms with E-state index in [-0.39, 0.29) is 11.8 Å². The van der Waals surface area contributed by atoms with Gasteiger partial charge in [0.05, 0.1) is 0 Å². The van der Waals surface area contributed by atoms with Crippen molar-refractivity contribution in [1.29, 1.82) is 0 Å². The van der Waals surface area contributed by atoms with Crippen molar-refractivity contribution in [2.75, 3.05) is 33.7 Å². The van der Waals surface area contributed by atoms with Crippen LogP contribution in [-0.4, -0.2) is 50.4 Å². The van der Waals surface area contributed by atoms with Gasteiger partial charge in [-0.25, -0.2) is 0 Å². The summed E-state index contributed by atoms with van der Waals surface area (Å²) < 4.78 is 0. The first-order valence-electron chi connectivity index (χ1n) is 9.00. The molecule has 2 heterocycles. The zero-order chi connectivity index (χ0) is 18.3. The predicted molar refractivity (Wildman–Crippen MR) is 101 cm³/mol. The second kappa shape index (κ2) is 6.57. The van der Waals surface area contributed by atoms with Gasteiger partial charge < -0.3 is 15.5 Å². The summed E-state index contributed by atoms with van der Waals surface area (Å²) in [6, 6.07) is 13.6. The van der Waals surface area contributed by atoms with Crippen molar-refractivity contribution >= 4 is 11.8 Å². The highest BCUT2D eigenvalue weighted by Crippen LogP contribution is 2.37. The average molecular weight is 349 g/mol. The van der Waals surface area contributed by atoms with Gasteiger partial charge in [0.15, 0.2) is 0 Å². The molecule has 0 aliphatic carbocycles. The third-order valence-corrected chi connectivity index (χ3v) is 5.53. The summed E-state index contributed by atoms with van der Waals surface area (Å²) in [4.78, 5) is 26.9. The number of carbonyl (C=O) groups is 2. The van der Waals surface area contributed by atoms with Gasteiger partial charge in [0.1, 0.15) is 0 Å². The van der Waals surface area contributed by atoms with Crippen LogP contribution < -0.4 is 10.6 Å². The fourth-order valence-corrected chi connectivity index (χ4v) is 4.21. The minimum absolute atomic E-state index is 0.00126. The Kier molecular flexibility index (Phi) is 4.24. The highest BCUT2D eigenvalue weighted by molar-refractivity contribution is 5.98. The largest absolute Gasteiger partial charge is 0.355 e. The molecule has 0 saturated carbocycles. The highest BCUT2D eigenvalue weighted by atomic mass is 16.2. The average Bonchev–Trinajstić information content (AvgIpc) is 3.00. The molecule has 0 radical (unpaired) electrons. The molecule has 0 aromatic heterocycles. The number of carbonyl (C=O) groups excluding carboxylic acids is 2. The molecule has 0 spiro atoms. The van der Waals surface area contributed by atoms with E-state index in [4.69, 9.17) is 0 Å². The molecule has 5 heteroatoms. The lowest BCUT2D eigenvalue weighted by Crippen LogP contribution is -2.29. The molecule has 2 aromatic carbocycles. The van der Waals surface area contributed by atoms with Crippen molar-refractivity contribution in [1.82, 2.24) is 15.5 Å². The van der Waals surface area contributed by atoms with E-state index in [1.807, 2.05) is 24.3 Å². The summed E-state index contributed by atoms with van der Waals surface area (Å²) in [6.45, 7) is 2.72. The highest BCUT2D eigenvalue weighted by Gasteiger charge is 2.36. The van der Waals surface area contributed by atoms with Gasteiger partial charge in [-0.3, -0.25) is 9.59 Å². The van der Waals surface area contributed by atoms with E-state index in [2.05, 4.69) is 34.7 Å². The van der Waals surface area contributed by atoms with Crippen LogP contribution in [0.1, 0.15) is 32.2 Å². The molecule has 2 N–H and O–H groups in total. The number of likely N-dealkylation sites (N-methyl/N-ethyl adjacent to an activating group) is 1. The first-order valence-corrected chi connectivity index (χ1v) is 9.00. The summed E-state index contributed by atoms with van der Waals surface area (Å²) in [7, 11) is 3.76. The van der Waals surface area contributed by atoms with E-state index in [0.717, 1.165) is 41.9 Å². The first kappa shape index (κ1) is 16.8. The SMILES string of the molecule is CNC(=O)c1cccc(-c2ccc3c(c2)C(=O)NC[C@H]2CN(C)C[C@H]32)c1. The van der Waals surface area contributed by atoms with E-state index in [1.165, 1.54) is 0 Å². The maximum absolute atomic E-state index is 12.6. The molecule has 26 heavy (non-hydrogen) atoms. The van der Waals surface area contributed by atoms with Crippen LogP contribution >= 0.6 is 0 Å². The summed E-state index contributed by atoms with van der Waals surface area (Å²) in [6.07, 6.45) is 0.